The Labute approximate surface area is 110 Å². The van der Waals surface area contributed by atoms with Crippen molar-refractivity contribution in [3.63, 3.8) is 0 Å². The van der Waals surface area contributed by atoms with E-state index in [9.17, 15) is 4.57 Å². The highest BCUT2D eigenvalue weighted by molar-refractivity contribution is 7.49. The second-order valence-electron chi connectivity index (χ2n) is 3.54. The molecular formula is C10H13ClNO5P. The third-order valence-electron chi connectivity index (χ3n) is 2.23. The average Bonchev–Trinajstić information content (AvgIpc) is 2.41. The number of phosphoric acid groups is 1. The number of halogens is 1. The molecule has 0 radical (unpaired) electrons. The van der Waals surface area contributed by atoms with E-state index in [2.05, 4.69) is 4.08 Å². The average molecular weight is 294 g/mol. The normalized spacial score (nSPS) is 20.3. The highest BCUT2D eigenvalue weighted by atomic mass is 35.5. The van der Waals surface area contributed by atoms with Gasteiger partial charge in [-0.15, -0.1) is 0 Å². The highest BCUT2D eigenvalue weighted by Crippen LogP contribution is 2.51. The number of rotatable bonds is 5. The Bertz CT molecular complexity index is 412. The van der Waals surface area contributed by atoms with Crippen molar-refractivity contribution in [1.82, 2.24) is 5.06 Å². The Morgan fingerprint density at radius 1 is 1.22 bits per heavy atom. The molecule has 0 aliphatic carbocycles. The Morgan fingerprint density at radius 3 is 2.50 bits per heavy atom. The van der Waals surface area contributed by atoms with Crippen molar-refractivity contribution in [2.45, 2.75) is 0 Å². The Balaban J connectivity index is 1.98. The summed E-state index contributed by atoms with van der Waals surface area (Å²) < 4.78 is 31.9. The zero-order valence-electron chi connectivity index (χ0n) is 9.53. The summed E-state index contributed by atoms with van der Waals surface area (Å²) >= 11 is 5.21. The topological polar surface area (TPSA) is 57.2 Å². The summed E-state index contributed by atoms with van der Waals surface area (Å²) in [4.78, 5) is 0. The van der Waals surface area contributed by atoms with Crippen LogP contribution in [0.15, 0.2) is 30.3 Å². The number of hydrogen-bond acceptors (Lipinski definition) is 6. The Morgan fingerprint density at radius 2 is 1.89 bits per heavy atom. The molecule has 0 amide bonds. The van der Waals surface area contributed by atoms with Crippen LogP contribution in [0, 0.1) is 0 Å². The number of hydrogen-bond donors (Lipinski definition) is 0. The molecule has 8 heteroatoms. The van der Waals surface area contributed by atoms with E-state index in [1.807, 2.05) is 6.07 Å². The SMILES string of the molecule is O=P(OCl)(Oc1ccccc1)ON1CCOCC1. The lowest BCUT2D eigenvalue weighted by molar-refractivity contribution is -0.129. The largest absolute Gasteiger partial charge is 0.563 e. The summed E-state index contributed by atoms with van der Waals surface area (Å²) in [6.07, 6.45) is 0. The predicted octanol–water partition coefficient (Wildman–Crippen LogP) is 2.61. The van der Waals surface area contributed by atoms with Gasteiger partial charge in [-0.25, -0.2) is 4.57 Å². The van der Waals surface area contributed by atoms with Crippen molar-refractivity contribution in [3.8, 4) is 5.75 Å². The second-order valence-corrected chi connectivity index (χ2v) is 5.34. The van der Waals surface area contributed by atoms with E-state index in [1.165, 1.54) is 5.06 Å². The van der Waals surface area contributed by atoms with Gasteiger partial charge in [-0.05, 0) is 12.1 Å². The molecule has 0 bridgehead atoms. The number of morpholine rings is 1. The fourth-order valence-corrected chi connectivity index (χ4v) is 2.50. The number of nitrogens with zero attached hydrogens (tertiary/aromatic N) is 1. The molecule has 1 aromatic carbocycles. The standard InChI is InChI=1S/C10H13ClNO5P/c11-16-18(13,15-10-4-2-1-3-5-10)17-12-6-8-14-9-7-12/h1-5H,6-9H2. The summed E-state index contributed by atoms with van der Waals surface area (Å²) in [6, 6.07) is 8.55. The number of ether oxygens (including phenoxy) is 1. The first-order chi connectivity index (χ1) is 8.72. The molecule has 1 aromatic rings. The van der Waals surface area contributed by atoms with Gasteiger partial charge in [-0.2, -0.15) is 13.8 Å². The van der Waals surface area contributed by atoms with E-state index in [4.69, 9.17) is 25.8 Å². The van der Waals surface area contributed by atoms with Crippen LogP contribution in [0.1, 0.15) is 0 Å². The lowest BCUT2D eigenvalue weighted by atomic mass is 10.3. The van der Waals surface area contributed by atoms with Gasteiger partial charge in [0.25, 0.3) is 0 Å². The van der Waals surface area contributed by atoms with E-state index < -0.39 is 7.82 Å². The van der Waals surface area contributed by atoms with Crippen LogP contribution in [-0.2, 0) is 18.0 Å². The van der Waals surface area contributed by atoms with Crippen LogP contribution in [0.3, 0.4) is 0 Å². The van der Waals surface area contributed by atoms with E-state index >= 15 is 0 Å². The van der Waals surface area contributed by atoms with Crippen molar-refractivity contribution in [1.29, 1.82) is 0 Å². The fraction of sp³-hybridized carbons (Fsp3) is 0.400. The summed E-state index contributed by atoms with van der Waals surface area (Å²) in [6.45, 7) is 1.94. The highest BCUT2D eigenvalue weighted by Gasteiger charge is 2.33. The quantitative estimate of drug-likeness (QED) is 0.778. The van der Waals surface area contributed by atoms with E-state index in [0.717, 1.165) is 0 Å². The van der Waals surface area contributed by atoms with Crippen LogP contribution < -0.4 is 4.52 Å². The van der Waals surface area contributed by atoms with Crippen LogP contribution in [-0.4, -0.2) is 31.4 Å². The molecule has 100 valence electrons. The van der Waals surface area contributed by atoms with Crippen molar-refractivity contribution >= 4 is 19.7 Å². The van der Waals surface area contributed by atoms with Crippen molar-refractivity contribution in [2.75, 3.05) is 26.3 Å². The summed E-state index contributed by atoms with van der Waals surface area (Å²) in [5, 5.41) is 1.45. The van der Waals surface area contributed by atoms with Gasteiger partial charge in [0.15, 0.2) is 0 Å². The monoisotopic (exact) mass is 293 g/mol. The fourth-order valence-electron chi connectivity index (χ4n) is 1.42. The predicted molar refractivity (Wildman–Crippen MR) is 65.1 cm³/mol. The Kier molecular flexibility index (Phi) is 5.00. The minimum Gasteiger partial charge on any atom is -0.402 e. The smallest absolute Gasteiger partial charge is 0.402 e. The number of para-hydroxylation sites is 1. The first-order valence-corrected chi connectivity index (χ1v) is 7.16. The van der Waals surface area contributed by atoms with Crippen LogP contribution in [0.5, 0.6) is 5.75 Å². The van der Waals surface area contributed by atoms with Crippen LogP contribution in [0.2, 0.25) is 0 Å². The molecule has 6 nitrogen and oxygen atoms in total. The number of benzene rings is 1. The molecule has 1 aliphatic rings. The zero-order chi connectivity index (χ0) is 12.8. The van der Waals surface area contributed by atoms with Gasteiger partial charge in [-0.3, -0.25) is 0 Å². The first kappa shape index (κ1) is 13.8. The molecule has 18 heavy (non-hydrogen) atoms. The zero-order valence-corrected chi connectivity index (χ0v) is 11.2. The van der Waals surface area contributed by atoms with Crippen LogP contribution in [0.25, 0.3) is 0 Å². The van der Waals surface area contributed by atoms with Gasteiger partial charge in [0.05, 0.1) is 25.1 Å². The molecule has 2 rings (SSSR count). The molecule has 0 aromatic heterocycles. The van der Waals surface area contributed by atoms with Crippen molar-refractivity contribution < 1.29 is 22.5 Å². The lowest BCUT2D eigenvalue weighted by Gasteiger charge is -2.27. The minimum absolute atomic E-state index is 0.356. The lowest BCUT2D eigenvalue weighted by Crippen LogP contribution is -2.35. The van der Waals surface area contributed by atoms with Crippen LogP contribution >= 0.6 is 19.7 Å². The van der Waals surface area contributed by atoms with E-state index in [-0.39, 0.29) is 0 Å². The first-order valence-electron chi connectivity index (χ1n) is 5.39. The molecule has 1 unspecified atom stereocenters. The molecular weight excluding hydrogens is 281 g/mol. The minimum atomic E-state index is -3.85. The molecule has 1 fully saturated rings. The molecule has 1 aliphatic heterocycles. The molecule has 1 atom stereocenters. The van der Waals surface area contributed by atoms with Gasteiger partial charge >= 0.3 is 7.82 Å². The van der Waals surface area contributed by atoms with E-state index in [1.54, 1.807) is 24.3 Å². The van der Waals surface area contributed by atoms with Crippen molar-refractivity contribution in [3.05, 3.63) is 30.3 Å². The number of hydroxylamine groups is 2. The maximum Gasteiger partial charge on any atom is 0.563 e. The summed E-state index contributed by atoms with van der Waals surface area (Å²) in [7, 11) is -3.85. The third-order valence-corrected chi connectivity index (χ3v) is 3.77. The molecule has 0 saturated carbocycles. The molecule has 0 spiro atoms. The van der Waals surface area contributed by atoms with Gasteiger partial charge in [-0.1, -0.05) is 18.2 Å². The summed E-state index contributed by atoms with van der Waals surface area (Å²) in [5.41, 5.74) is 0. The van der Waals surface area contributed by atoms with Gasteiger partial charge in [0.2, 0.25) is 0 Å². The molecule has 1 saturated heterocycles. The van der Waals surface area contributed by atoms with E-state index in [0.29, 0.717) is 32.1 Å². The van der Waals surface area contributed by atoms with Gasteiger partial charge < -0.3 is 9.26 Å². The van der Waals surface area contributed by atoms with Crippen molar-refractivity contribution in [2.24, 2.45) is 0 Å². The third kappa shape index (κ3) is 3.95. The molecule has 1 heterocycles. The van der Waals surface area contributed by atoms with Gasteiger partial charge in [0, 0.05) is 13.1 Å². The maximum atomic E-state index is 12.1. The Hall–Kier alpha value is -0.620. The summed E-state index contributed by atoms with van der Waals surface area (Å²) in [5.74, 6) is 0.356. The second kappa shape index (κ2) is 6.52. The van der Waals surface area contributed by atoms with Gasteiger partial charge in [0.1, 0.15) is 5.75 Å². The van der Waals surface area contributed by atoms with Crippen LogP contribution in [0.4, 0.5) is 0 Å². The maximum absolute atomic E-state index is 12.1. The molecule has 0 N–H and O–H groups in total.